The molecule has 0 heterocycles. The highest BCUT2D eigenvalue weighted by molar-refractivity contribution is 5.52. The van der Waals surface area contributed by atoms with Crippen LogP contribution in [0.15, 0.2) is 24.3 Å². The van der Waals surface area contributed by atoms with E-state index in [-0.39, 0.29) is 0 Å². The number of rotatable bonds is 4. The van der Waals surface area contributed by atoms with E-state index in [9.17, 15) is 5.11 Å². The highest BCUT2D eigenvalue weighted by Crippen LogP contribution is 2.30. The van der Waals surface area contributed by atoms with Gasteiger partial charge in [-0.1, -0.05) is 31.5 Å². The molecule has 1 aromatic rings. The summed E-state index contributed by atoms with van der Waals surface area (Å²) >= 11 is 0. The summed E-state index contributed by atoms with van der Waals surface area (Å²) in [4.78, 5) is 0. The fourth-order valence-corrected chi connectivity index (χ4v) is 2.93. The van der Waals surface area contributed by atoms with Crippen molar-refractivity contribution in [1.82, 2.24) is 0 Å². The SMILES string of the molecule is CCC1CCC(Nc2ccccc2C(C)O)CC1. The van der Waals surface area contributed by atoms with Crippen LogP contribution in [0, 0.1) is 5.92 Å². The summed E-state index contributed by atoms with van der Waals surface area (Å²) in [5, 5.41) is 13.4. The number of aliphatic hydroxyl groups excluding tert-OH is 1. The first-order chi connectivity index (χ1) is 8.70. The van der Waals surface area contributed by atoms with Crippen LogP contribution in [0.4, 0.5) is 5.69 Å². The molecule has 1 unspecified atom stereocenters. The van der Waals surface area contributed by atoms with Crippen molar-refractivity contribution in [2.45, 2.75) is 58.1 Å². The molecule has 0 saturated heterocycles. The third-order valence-corrected chi connectivity index (χ3v) is 4.19. The number of aliphatic hydroxyl groups is 1. The minimum absolute atomic E-state index is 0.402. The number of hydrogen-bond donors (Lipinski definition) is 2. The number of benzene rings is 1. The third kappa shape index (κ3) is 3.26. The molecule has 1 atom stereocenters. The maximum Gasteiger partial charge on any atom is 0.0781 e. The maximum atomic E-state index is 9.77. The van der Waals surface area contributed by atoms with Crippen molar-refractivity contribution >= 4 is 5.69 Å². The summed E-state index contributed by atoms with van der Waals surface area (Å²) in [5.41, 5.74) is 2.11. The molecule has 1 saturated carbocycles. The van der Waals surface area contributed by atoms with Crippen LogP contribution in [0.5, 0.6) is 0 Å². The fourth-order valence-electron chi connectivity index (χ4n) is 2.93. The molecule has 2 N–H and O–H groups in total. The Kier molecular flexibility index (Phi) is 4.65. The van der Waals surface area contributed by atoms with Gasteiger partial charge < -0.3 is 10.4 Å². The normalized spacial score (nSPS) is 25.7. The molecule has 1 aliphatic carbocycles. The minimum Gasteiger partial charge on any atom is -0.389 e. The van der Waals surface area contributed by atoms with Crippen LogP contribution in [-0.4, -0.2) is 11.1 Å². The highest BCUT2D eigenvalue weighted by Gasteiger charge is 2.20. The maximum absolute atomic E-state index is 9.77. The molecular weight excluding hydrogens is 222 g/mol. The lowest BCUT2D eigenvalue weighted by Gasteiger charge is -2.30. The Morgan fingerprint density at radius 2 is 1.89 bits per heavy atom. The molecular formula is C16H25NO. The van der Waals surface area contributed by atoms with Gasteiger partial charge in [-0.3, -0.25) is 0 Å². The molecule has 0 spiro atoms. The van der Waals surface area contributed by atoms with E-state index in [4.69, 9.17) is 0 Å². The second kappa shape index (κ2) is 6.24. The van der Waals surface area contributed by atoms with Gasteiger partial charge in [0, 0.05) is 17.3 Å². The molecule has 0 aromatic heterocycles. The van der Waals surface area contributed by atoms with E-state index < -0.39 is 6.10 Å². The molecule has 0 amide bonds. The first-order valence-electron chi connectivity index (χ1n) is 7.24. The summed E-state index contributed by atoms with van der Waals surface area (Å²) in [6.07, 6.45) is 6.10. The van der Waals surface area contributed by atoms with E-state index in [0.717, 1.165) is 17.2 Å². The van der Waals surface area contributed by atoms with Crippen LogP contribution < -0.4 is 5.32 Å². The van der Waals surface area contributed by atoms with Gasteiger partial charge in [-0.05, 0) is 44.6 Å². The monoisotopic (exact) mass is 247 g/mol. The molecule has 18 heavy (non-hydrogen) atoms. The number of hydrogen-bond acceptors (Lipinski definition) is 2. The van der Waals surface area contributed by atoms with E-state index >= 15 is 0 Å². The highest BCUT2D eigenvalue weighted by atomic mass is 16.3. The standard InChI is InChI=1S/C16H25NO/c1-3-13-8-10-14(11-9-13)17-16-7-5-4-6-15(16)12(2)18/h4-7,12-14,17-18H,3,8-11H2,1-2H3. The van der Waals surface area contributed by atoms with Crippen molar-refractivity contribution in [3.63, 3.8) is 0 Å². The molecule has 0 aliphatic heterocycles. The molecule has 2 heteroatoms. The summed E-state index contributed by atoms with van der Waals surface area (Å²) in [7, 11) is 0. The lowest BCUT2D eigenvalue weighted by atomic mass is 9.84. The quantitative estimate of drug-likeness (QED) is 0.838. The Hall–Kier alpha value is -1.02. The van der Waals surface area contributed by atoms with E-state index in [2.05, 4.69) is 18.3 Å². The Bertz CT molecular complexity index is 367. The molecule has 1 aliphatic rings. The van der Waals surface area contributed by atoms with Crippen LogP contribution in [-0.2, 0) is 0 Å². The molecule has 2 rings (SSSR count). The van der Waals surface area contributed by atoms with E-state index in [1.807, 2.05) is 25.1 Å². The van der Waals surface area contributed by atoms with Gasteiger partial charge in [0.1, 0.15) is 0 Å². The smallest absolute Gasteiger partial charge is 0.0781 e. The Labute approximate surface area is 110 Å². The van der Waals surface area contributed by atoms with Gasteiger partial charge in [-0.25, -0.2) is 0 Å². The van der Waals surface area contributed by atoms with E-state index in [0.29, 0.717) is 6.04 Å². The largest absolute Gasteiger partial charge is 0.389 e. The molecule has 0 bridgehead atoms. The van der Waals surface area contributed by atoms with Crippen molar-refractivity contribution in [1.29, 1.82) is 0 Å². The molecule has 2 nitrogen and oxygen atoms in total. The number of para-hydroxylation sites is 1. The molecule has 0 radical (unpaired) electrons. The van der Waals surface area contributed by atoms with Gasteiger partial charge in [0.15, 0.2) is 0 Å². The van der Waals surface area contributed by atoms with Crippen molar-refractivity contribution in [2.75, 3.05) is 5.32 Å². The van der Waals surface area contributed by atoms with Crippen molar-refractivity contribution in [2.24, 2.45) is 5.92 Å². The first-order valence-corrected chi connectivity index (χ1v) is 7.24. The average molecular weight is 247 g/mol. The zero-order chi connectivity index (χ0) is 13.0. The van der Waals surface area contributed by atoms with Crippen LogP contribution in [0.1, 0.15) is 57.6 Å². The van der Waals surface area contributed by atoms with Crippen molar-refractivity contribution < 1.29 is 5.11 Å². The molecule has 100 valence electrons. The lowest BCUT2D eigenvalue weighted by Crippen LogP contribution is -2.26. The van der Waals surface area contributed by atoms with E-state index in [1.165, 1.54) is 32.1 Å². The van der Waals surface area contributed by atoms with Gasteiger partial charge in [-0.15, -0.1) is 0 Å². The van der Waals surface area contributed by atoms with Gasteiger partial charge in [0.05, 0.1) is 6.10 Å². The Morgan fingerprint density at radius 3 is 2.50 bits per heavy atom. The van der Waals surface area contributed by atoms with Gasteiger partial charge in [0.2, 0.25) is 0 Å². The second-order valence-corrected chi connectivity index (χ2v) is 5.53. The third-order valence-electron chi connectivity index (χ3n) is 4.19. The zero-order valence-corrected chi connectivity index (χ0v) is 11.5. The van der Waals surface area contributed by atoms with Gasteiger partial charge in [-0.2, -0.15) is 0 Å². The average Bonchev–Trinajstić information content (AvgIpc) is 2.40. The topological polar surface area (TPSA) is 32.3 Å². The summed E-state index contributed by atoms with van der Waals surface area (Å²) in [6.45, 7) is 4.12. The van der Waals surface area contributed by atoms with Crippen LogP contribution >= 0.6 is 0 Å². The minimum atomic E-state index is -0.402. The molecule has 1 aromatic carbocycles. The second-order valence-electron chi connectivity index (χ2n) is 5.53. The van der Waals surface area contributed by atoms with Crippen LogP contribution in [0.2, 0.25) is 0 Å². The predicted molar refractivity (Wildman–Crippen MR) is 76.7 cm³/mol. The molecule has 1 fully saturated rings. The summed E-state index contributed by atoms with van der Waals surface area (Å²) in [5.74, 6) is 0.926. The Morgan fingerprint density at radius 1 is 1.22 bits per heavy atom. The number of nitrogens with one attached hydrogen (secondary N) is 1. The zero-order valence-electron chi connectivity index (χ0n) is 11.5. The predicted octanol–water partition coefficient (Wildman–Crippen LogP) is 4.12. The van der Waals surface area contributed by atoms with Crippen molar-refractivity contribution in [3.05, 3.63) is 29.8 Å². The van der Waals surface area contributed by atoms with E-state index in [1.54, 1.807) is 0 Å². The number of anilines is 1. The first kappa shape index (κ1) is 13.4. The van der Waals surface area contributed by atoms with Crippen LogP contribution in [0.3, 0.4) is 0 Å². The lowest BCUT2D eigenvalue weighted by molar-refractivity contribution is 0.200. The summed E-state index contributed by atoms with van der Waals surface area (Å²) in [6, 6.07) is 8.68. The Balaban J connectivity index is 1.98. The van der Waals surface area contributed by atoms with Gasteiger partial charge >= 0.3 is 0 Å². The van der Waals surface area contributed by atoms with Crippen LogP contribution in [0.25, 0.3) is 0 Å². The fraction of sp³-hybridized carbons (Fsp3) is 0.625. The summed E-state index contributed by atoms with van der Waals surface area (Å²) < 4.78 is 0. The van der Waals surface area contributed by atoms with Gasteiger partial charge in [0.25, 0.3) is 0 Å². The van der Waals surface area contributed by atoms with Crippen molar-refractivity contribution in [3.8, 4) is 0 Å².